The smallest absolute Gasteiger partial charge is 0.265 e. The van der Waals surface area contributed by atoms with Gasteiger partial charge >= 0.3 is 0 Å². The zero-order valence-corrected chi connectivity index (χ0v) is 12.3. The van der Waals surface area contributed by atoms with Crippen molar-refractivity contribution >= 4 is 15.9 Å². The number of benzene rings is 1. The van der Waals surface area contributed by atoms with Gasteiger partial charge in [-0.15, -0.1) is 0 Å². The molecule has 0 aliphatic rings. The van der Waals surface area contributed by atoms with E-state index in [4.69, 9.17) is 0 Å². The number of nitrogens with zero attached hydrogens (tertiary/aromatic N) is 1. The Kier molecular flexibility index (Phi) is 3.66. The van der Waals surface area contributed by atoms with Gasteiger partial charge in [0.25, 0.3) is 5.56 Å². The van der Waals surface area contributed by atoms with E-state index in [9.17, 15) is 4.79 Å². The van der Waals surface area contributed by atoms with Gasteiger partial charge in [0, 0.05) is 5.56 Å². The van der Waals surface area contributed by atoms with E-state index in [2.05, 4.69) is 39.7 Å². The highest BCUT2D eigenvalue weighted by atomic mass is 79.9. The van der Waals surface area contributed by atoms with Crippen LogP contribution in [0.2, 0.25) is 0 Å². The fraction of sp³-hybridized carbons (Fsp3) is 0.286. The maximum atomic E-state index is 11.8. The van der Waals surface area contributed by atoms with Gasteiger partial charge in [-0.25, -0.2) is 4.98 Å². The molecule has 1 aromatic carbocycles. The molecule has 0 spiro atoms. The van der Waals surface area contributed by atoms with Crippen LogP contribution in [-0.2, 0) is 6.42 Å². The molecule has 1 aromatic heterocycles. The van der Waals surface area contributed by atoms with Gasteiger partial charge in [0.1, 0.15) is 10.3 Å². The molecule has 1 heterocycles. The molecule has 0 saturated heterocycles. The lowest BCUT2D eigenvalue weighted by molar-refractivity contribution is 0.970. The Morgan fingerprint density at radius 3 is 2.61 bits per heavy atom. The molecular weight excluding hydrogens is 292 g/mol. The number of rotatable bonds is 2. The number of nitrogens with one attached hydrogen (secondary N) is 1. The Bertz CT molecular complexity index is 647. The van der Waals surface area contributed by atoms with E-state index in [-0.39, 0.29) is 5.56 Å². The molecule has 0 unspecified atom stereocenters. The molecule has 0 radical (unpaired) electrons. The number of aromatic amines is 1. The lowest BCUT2D eigenvalue weighted by atomic mass is 10.1. The van der Waals surface area contributed by atoms with Crippen LogP contribution in [0.3, 0.4) is 0 Å². The van der Waals surface area contributed by atoms with Crippen molar-refractivity contribution in [3.63, 3.8) is 0 Å². The number of aryl methyl sites for hydroxylation is 3. The molecule has 0 atom stereocenters. The van der Waals surface area contributed by atoms with Crippen LogP contribution in [0, 0.1) is 13.8 Å². The summed E-state index contributed by atoms with van der Waals surface area (Å²) in [6.45, 7) is 6.10. The molecule has 2 rings (SSSR count). The molecule has 0 saturated carbocycles. The largest absolute Gasteiger partial charge is 0.306 e. The Hall–Kier alpha value is -1.42. The summed E-state index contributed by atoms with van der Waals surface area (Å²) in [5, 5.41) is 0. The van der Waals surface area contributed by atoms with E-state index < -0.39 is 0 Å². The van der Waals surface area contributed by atoms with Crippen LogP contribution in [0.1, 0.15) is 23.7 Å². The van der Waals surface area contributed by atoms with Crippen molar-refractivity contribution in [1.82, 2.24) is 9.97 Å². The summed E-state index contributed by atoms with van der Waals surface area (Å²) in [5.74, 6) is 0.628. The zero-order valence-electron chi connectivity index (χ0n) is 10.7. The minimum absolute atomic E-state index is 0.130. The topological polar surface area (TPSA) is 45.8 Å². The second-order valence-corrected chi connectivity index (χ2v) is 5.12. The van der Waals surface area contributed by atoms with Crippen LogP contribution < -0.4 is 5.56 Å². The fourth-order valence-electron chi connectivity index (χ4n) is 1.77. The average molecular weight is 307 g/mol. The fourth-order valence-corrected chi connectivity index (χ4v) is 2.23. The van der Waals surface area contributed by atoms with Gasteiger partial charge in [-0.3, -0.25) is 4.79 Å². The Morgan fingerprint density at radius 1 is 1.28 bits per heavy atom. The van der Waals surface area contributed by atoms with Gasteiger partial charge in [-0.05, 0) is 53.4 Å². The predicted molar refractivity (Wildman–Crippen MR) is 76.8 cm³/mol. The number of aromatic nitrogens is 2. The first kappa shape index (κ1) is 13.0. The first-order chi connectivity index (χ1) is 8.52. The molecule has 3 nitrogen and oxygen atoms in total. The van der Waals surface area contributed by atoms with Crippen LogP contribution in [0.4, 0.5) is 0 Å². The lowest BCUT2D eigenvalue weighted by Gasteiger charge is -2.07. The average Bonchev–Trinajstić information content (AvgIpc) is 2.36. The molecule has 0 bridgehead atoms. The number of H-pyrrole nitrogens is 1. The van der Waals surface area contributed by atoms with Crippen molar-refractivity contribution in [1.29, 1.82) is 0 Å². The summed E-state index contributed by atoms with van der Waals surface area (Å²) in [4.78, 5) is 19.1. The maximum Gasteiger partial charge on any atom is 0.265 e. The minimum atomic E-state index is -0.130. The van der Waals surface area contributed by atoms with E-state index in [1.807, 2.05) is 25.1 Å². The Morgan fingerprint density at radius 2 is 2.00 bits per heavy atom. The molecule has 1 N–H and O–H groups in total. The molecule has 0 aliphatic heterocycles. The third kappa shape index (κ3) is 2.38. The van der Waals surface area contributed by atoms with E-state index >= 15 is 0 Å². The highest BCUT2D eigenvalue weighted by Gasteiger charge is 2.09. The first-order valence-electron chi connectivity index (χ1n) is 5.89. The SMILES string of the molecule is CCc1nc(-c2ccc(C)c(C)c2)[nH]c(=O)c1Br. The highest BCUT2D eigenvalue weighted by molar-refractivity contribution is 9.10. The molecule has 94 valence electrons. The summed E-state index contributed by atoms with van der Waals surface area (Å²) in [5.41, 5.74) is 4.02. The first-order valence-corrected chi connectivity index (χ1v) is 6.68. The van der Waals surface area contributed by atoms with E-state index in [1.165, 1.54) is 11.1 Å². The van der Waals surface area contributed by atoms with Crippen molar-refractivity contribution in [3.05, 3.63) is 49.8 Å². The van der Waals surface area contributed by atoms with Crippen LogP contribution in [0.15, 0.2) is 27.5 Å². The van der Waals surface area contributed by atoms with Crippen LogP contribution in [0.5, 0.6) is 0 Å². The predicted octanol–water partition coefficient (Wildman–Crippen LogP) is 3.38. The monoisotopic (exact) mass is 306 g/mol. The lowest BCUT2D eigenvalue weighted by Crippen LogP contribution is -2.13. The molecule has 2 aromatic rings. The molecule has 0 amide bonds. The third-order valence-electron chi connectivity index (χ3n) is 3.05. The van der Waals surface area contributed by atoms with Crippen molar-refractivity contribution in [2.75, 3.05) is 0 Å². The van der Waals surface area contributed by atoms with Crippen LogP contribution >= 0.6 is 15.9 Å². The number of halogens is 1. The Balaban J connectivity index is 2.60. The molecule has 18 heavy (non-hydrogen) atoms. The van der Waals surface area contributed by atoms with Crippen LogP contribution in [0.25, 0.3) is 11.4 Å². The van der Waals surface area contributed by atoms with Gasteiger partial charge in [0.15, 0.2) is 0 Å². The zero-order chi connectivity index (χ0) is 13.3. The second-order valence-electron chi connectivity index (χ2n) is 4.33. The van der Waals surface area contributed by atoms with Crippen LogP contribution in [-0.4, -0.2) is 9.97 Å². The number of hydrogen-bond acceptors (Lipinski definition) is 2. The van der Waals surface area contributed by atoms with Gasteiger partial charge in [-0.2, -0.15) is 0 Å². The summed E-state index contributed by atoms with van der Waals surface area (Å²) in [6.07, 6.45) is 0.725. The van der Waals surface area contributed by atoms with E-state index in [0.717, 1.165) is 17.7 Å². The van der Waals surface area contributed by atoms with Gasteiger partial charge in [-0.1, -0.05) is 19.1 Å². The summed E-state index contributed by atoms with van der Waals surface area (Å²) in [6, 6.07) is 6.06. The maximum absolute atomic E-state index is 11.8. The molecule has 0 fully saturated rings. The van der Waals surface area contributed by atoms with Crippen molar-refractivity contribution in [3.8, 4) is 11.4 Å². The van der Waals surface area contributed by atoms with Gasteiger partial charge in [0.05, 0.1) is 5.69 Å². The molecular formula is C14H15BrN2O. The molecule has 0 aliphatic carbocycles. The van der Waals surface area contributed by atoms with Crippen molar-refractivity contribution in [2.24, 2.45) is 0 Å². The second kappa shape index (κ2) is 5.06. The van der Waals surface area contributed by atoms with E-state index in [1.54, 1.807) is 0 Å². The Labute approximate surface area is 114 Å². The quantitative estimate of drug-likeness (QED) is 0.924. The third-order valence-corrected chi connectivity index (χ3v) is 3.86. The summed E-state index contributed by atoms with van der Waals surface area (Å²) >= 11 is 3.27. The summed E-state index contributed by atoms with van der Waals surface area (Å²) in [7, 11) is 0. The van der Waals surface area contributed by atoms with Gasteiger partial charge in [0.2, 0.25) is 0 Å². The minimum Gasteiger partial charge on any atom is -0.306 e. The van der Waals surface area contributed by atoms with Crippen molar-refractivity contribution in [2.45, 2.75) is 27.2 Å². The van der Waals surface area contributed by atoms with Gasteiger partial charge < -0.3 is 4.98 Å². The molecule has 4 heteroatoms. The van der Waals surface area contributed by atoms with Crippen molar-refractivity contribution < 1.29 is 0 Å². The standard InChI is InChI=1S/C14H15BrN2O/c1-4-11-12(15)14(18)17-13(16-11)10-6-5-8(2)9(3)7-10/h5-7H,4H2,1-3H3,(H,16,17,18). The highest BCUT2D eigenvalue weighted by Crippen LogP contribution is 2.20. The van der Waals surface area contributed by atoms with E-state index in [0.29, 0.717) is 10.3 Å². The number of hydrogen-bond donors (Lipinski definition) is 1. The summed E-state index contributed by atoms with van der Waals surface area (Å²) < 4.78 is 0.526. The normalized spacial score (nSPS) is 10.7.